The average Bonchev–Trinajstić information content (AvgIpc) is 2.33. The summed E-state index contributed by atoms with van der Waals surface area (Å²) < 4.78 is 0. The summed E-state index contributed by atoms with van der Waals surface area (Å²) in [5.74, 6) is 0. The van der Waals surface area contributed by atoms with Crippen LogP contribution in [0.5, 0.6) is 0 Å². The highest BCUT2D eigenvalue weighted by Crippen LogP contribution is 2.09. The lowest BCUT2D eigenvalue weighted by Gasteiger charge is -2.20. The third kappa shape index (κ3) is 12.7. The van der Waals surface area contributed by atoms with Crippen LogP contribution in [0.4, 0.5) is 0 Å². The van der Waals surface area contributed by atoms with Crippen LogP contribution in [0.1, 0.15) is 71.6 Å². The van der Waals surface area contributed by atoms with Crippen LogP contribution in [0.3, 0.4) is 0 Å². The van der Waals surface area contributed by atoms with Gasteiger partial charge in [0.25, 0.3) is 0 Å². The van der Waals surface area contributed by atoms with E-state index in [4.69, 9.17) is 0 Å². The van der Waals surface area contributed by atoms with E-state index in [0.717, 1.165) is 5.33 Å². The lowest BCUT2D eigenvalue weighted by atomic mass is 10.1. The molecule has 0 aromatic rings. The molecule has 0 aromatic carbocycles. The van der Waals surface area contributed by atoms with Crippen LogP contribution in [0, 0.1) is 0 Å². The summed E-state index contributed by atoms with van der Waals surface area (Å²) in [4.78, 5) is 2.59. The quantitative estimate of drug-likeness (QED) is 0.332. The van der Waals surface area contributed by atoms with Crippen molar-refractivity contribution in [3.05, 3.63) is 0 Å². The Morgan fingerprint density at radius 3 is 1.76 bits per heavy atom. The predicted molar refractivity (Wildman–Crippen MR) is 83.1 cm³/mol. The molecule has 0 atom stereocenters. The molecule has 104 valence electrons. The van der Waals surface area contributed by atoms with Crippen molar-refractivity contribution in [3.63, 3.8) is 0 Å². The van der Waals surface area contributed by atoms with Crippen molar-refractivity contribution >= 4 is 15.9 Å². The molecule has 0 rings (SSSR count). The molecule has 0 saturated heterocycles. The molecule has 0 aliphatic rings. The number of rotatable bonds is 13. The number of nitrogens with zero attached hydrogens (tertiary/aromatic N) is 1. The Balaban J connectivity index is 3.23. The molecule has 0 aromatic heterocycles. The average molecular weight is 306 g/mol. The van der Waals surface area contributed by atoms with Gasteiger partial charge in [-0.2, -0.15) is 0 Å². The van der Waals surface area contributed by atoms with E-state index < -0.39 is 0 Å². The highest BCUT2D eigenvalue weighted by molar-refractivity contribution is 9.09. The molecular formula is C15H32BrN. The third-order valence-electron chi connectivity index (χ3n) is 3.27. The summed E-state index contributed by atoms with van der Waals surface area (Å²) in [6.07, 6.45) is 12.7. The van der Waals surface area contributed by atoms with E-state index >= 15 is 0 Å². The first-order valence-electron chi connectivity index (χ1n) is 7.63. The number of halogens is 1. The van der Waals surface area contributed by atoms with E-state index in [1.807, 2.05) is 0 Å². The van der Waals surface area contributed by atoms with Crippen molar-refractivity contribution in [2.45, 2.75) is 71.6 Å². The standard InChI is InChI=1S/C15H32BrN/c1-3-5-6-7-8-9-10-11-14-17(13-4-2)15-12-16/h3-15H2,1-2H3. The number of unbranched alkanes of at least 4 members (excludes halogenated alkanes) is 7. The number of alkyl halides is 1. The molecule has 17 heavy (non-hydrogen) atoms. The van der Waals surface area contributed by atoms with Gasteiger partial charge in [-0.25, -0.2) is 0 Å². The normalized spacial score (nSPS) is 11.3. The molecule has 0 spiro atoms. The van der Waals surface area contributed by atoms with Gasteiger partial charge < -0.3 is 4.90 Å². The largest absolute Gasteiger partial charge is 0.303 e. The van der Waals surface area contributed by atoms with Crippen LogP contribution in [-0.4, -0.2) is 29.9 Å². The number of hydrogen-bond acceptors (Lipinski definition) is 1. The minimum Gasteiger partial charge on any atom is -0.303 e. The molecule has 0 bridgehead atoms. The Morgan fingerprint density at radius 1 is 0.647 bits per heavy atom. The van der Waals surface area contributed by atoms with Gasteiger partial charge in [0.05, 0.1) is 0 Å². The maximum atomic E-state index is 3.54. The van der Waals surface area contributed by atoms with Gasteiger partial charge >= 0.3 is 0 Å². The zero-order valence-electron chi connectivity index (χ0n) is 12.0. The van der Waals surface area contributed by atoms with Crippen LogP contribution in [0.15, 0.2) is 0 Å². The summed E-state index contributed by atoms with van der Waals surface area (Å²) in [6.45, 7) is 8.34. The monoisotopic (exact) mass is 305 g/mol. The topological polar surface area (TPSA) is 3.24 Å². The van der Waals surface area contributed by atoms with E-state index in [1.54, 1.807) is 0 Å². The zero-order valence-corrected chi connectivity index (χ0v) is 13.6. The van der Waals surface area contributed by atoms with Gasteiger partial charge in [0.1, 0.15) is 0 Å². The lowest BCUT2D eigenvalue weighted by Crippen LogP contribution is -2.27. The molecule has 0 fully saturated rings. The SMILES string of the molecule is CCCCCCCCCCN(CCC)CCBr. The molecule has 0 heterocycles. The van der Waals surface area contributed by atoms with E-state index in [-0.39, 0.29) is 0 Å². The van der Waals surface area contributed by atoms with Gasteiger partial charge in [0.15, 0.2) is 0 Å². The smallest absolute Gasteiger partial charge is 0.0159 e. The molecule has 0 N–H and O–H groups in total. The fourth-order valence-electron chi connectivity index (χ4n) is 2.24. The molecule has 1 nitrogen and oxygen atoms in total. The van der Waals surface area contributed by atoms with Gasteiger partial charge in [-0.3, -0.25) is 0 Å². The van der Waals surface area contributed by atoms with Crippen molar-refractivity contribution in [1.29, 1.82) is 0 Å². The van der Waals surface area contributed by atoms with Crippen molar-refractivity contribution in [3.8, 4) is 0 Å². The lowest BCUT2D eigenvalue weighted by molar-refractivity contribution is 0.284. The summed E-state index contributed by atoms with van der Waals surface area (Å²) in [7, 11) is 0. The maximum absolute atomic E-state index is 3.54. The van der Waals surface area contributed by atoms with Crippen molar-refractivity contribution < 1.29 is 0 Å². The highest BCUT2D eigenvalue weighted by atomic mass is 79.9. The fourth-order valence-corrected chi connectivity index (χ4v) is 2.74. The van der Waals surface area contributed by atoms with Crippen molar-refractivity contribution in [2.24, 2.45) is 0 Å². The van der Waals surface area contributed by atoms with Crippen LogP contribution < -0.4 is 0 Å². The molecule has 0 unspecified atom stereocenters. The summed E-state index contributed by atoms with van der Waals surface area (Å²) >= 11 is 3.54. The molecule has 0 aliphatic carbocycles. The summed E-state index contributed by atoms with van der Waals surface area (Å²) in [5.41, 5.74) is 0. The highest BCUT2D eigenvalue weighted by Gasteiger charge is 2.01. The van der Waals surface area contributed by atoms with Gasteiger partial charge in [-0.15, -0.1) is 0 Å². The van der Waals surface area contributed by atoms with Gasteiger partial charge in [0.2, 0.25) is 0 Å². The second-order valence-corrected chi connectivity index (χ2v) is 5.80. The van der Waals surface area contributed by atoms with Crippen LogP contribution >= 0.6 is 15.9 Å². The molecule has 0 saturated carbocycles. The van der Waals surface area contributed by atoms with E-state index in [2.05, 4.69) is 34.7 Å². The van der Waals surface area contributed by atoms with Gasteiger partial charge in [-0.1, -0.05) is 74.7 Å². The first kappa shape index (κ1) is 17.4. The molecule has 0 aliphatic heterocycles. The predicted octanol–water partition coefficient (Wildman–Crippen LogP) is 5.23. The second-order valence-electron chi connectivity index (χ2n) is 5.01. The Bertz CT molecular complexity index is 133. The van der Waals surface area contributed by atoms with E-state index in [1.165, 1.54) is 77.4 Å². The van der Waals surface area contributed by atoms with Crippen LogP contribution in [0.2, 0.25) is 0 Å². The zero-order chi connectivity index (χ0) is 12.8. The Labute approximate surface area is 117 Å². The molecule has 0 amide bonds. The summed E-state index contributed by atoms with van der Waals surface area (Å²) in [6, 6.07) is 0. The Hall–Kier alpha value is 0.440. The van der Waals surface area contributed by atoms with Gasteiger partial charge in [-0.05, 0) is 25.9 Å². The Morgan fingerprint density at radius 2 is 1.24 bits per heavy atom. The van der Waals surface area contributed by atoms with E-state index in [9.17, 15) is 0 Å². The first-order valence-corrected chi connectivity index (χ1v) is 8.75. The molecule has 0 radical (unpaired) electrons. The van der Waals surface area contributed by atoms with Gasteiger partial charge in [0, 0.05) is 11.9 Å². The van der Waals surface area contributed by atoms with E-state index in [0.29, 0.717) is 0 Å². The minimum atomic E-state index is 1.12. The summed E-state index contributed by atoms with van der Waals surface area (Å²) in [5, 5.41) is 1.12. The van der Waals surface area contributed by atoms with Crippen LogP contribution in [0.25, 0.3) is 0 Å². The first-order chi connectivity index (χ1) is 8.35. The third-order valence-corrected chi connectivity index (χ3v) is 3.62. The van der Waals surface area contributed by atoms with Crippen molar-refractivity contribution in [2.75, 3.05) is 25.0 Å². The minimum absolute atomic E-state index is 1.12. The molecule has 2 heteroatoms. The Kier molecular flexibility index (Phi) is 14.9. The van der Waals surface area contributed by atoms with Crippen LogP contribution in [-0.2, 0) is 0 Å². The number of hydrogen-bond donors (Lipinski definition) is 0. The maximum Gasteiger partial charge on any atom is 0.0159 e. The van der Waals surface area contributed by atoms with Crippen molar-refractivity contribution in [1.82, 2.24) is 4.90 Å². The second kappa shape index (κ2) is 14.5. The fraction of sp³-hybridized carbons (Fsp3) is 1.00. The molecular weight excluding hydrogens is 274 g/mol.